The molecule has 0 amide bonds. The zero-order chi connectivity index (χ0) is 29.4. The van der Waals surface area contributed by atoms with Crippen LogP contribution in [0, 0.1) is 129 Å². The van der Waals surface area contributed by atoms with E-state index in [1.54, 1.807) is 70.6 Å². The van der Waals surface area contributed by atoms with Gasteiger partial charge >= 0.3 is 0 Å². The van der Waals surface area contributed by atoms with Gasteiger partial charge in [0.1, 0.15) is 0 Å². The number of nitrogens with zero attached hydrogens (tertiary/aromatic N) is 2. The maximum atomic E-state index is 9.74. The Kier molecular flexibility index (Phi) is 7.88. The van der Waals surface area contributed by atoms with Crippen LogP contribution in [0.25, 0.3) is 0 Å². The van der Waals surface area contributed by atoms with Crippen LogP contribution >= 0.6 is 0 Å². The third kappa shape index (κ3) is 4.71. The molecule has 9 rings (SSSR count). The Labute approximate surface area is 269 Å². The van der Waals surface area contributed by atoms with Crippen molar-refractivity contribution in [2.75, 3.05) is 0 Å². The molecule has 0 saturated heterocycles. The fourth-order valence-corrected chi connectivity index (χ4v) is 16.5. The highest BCUT2D eigenvalue weighted by Gasteiger charge is 2.62. The molecular weight excluding hydrogens is 532 g/mol. The molecule has 14 atom stereocenters. The number of hydrogen-bond acceptors (Lipinski definition) is 2. The molecule has 0 aromatic carbocycles. The van der Waals surface area contributed by atoms with Gasteiger partial charge in [0.25, 0.3) is 0 Å². The largest absolute Gasteiger partial charge is 0.198 e. The maximum absolute atomic E-state index is 9.74. The summed E-state index contributed by atoms with van der Waals surface area (Å²) in [5, 5.41) is 19.4. The van der Waals surface area contributed by atoms with E-state index < -0.39 is 0 Å². The molecule has 0 aromatic heterocycles. The van der Waals surface area contributed by atoms with Gasteiger partial charge in [-0.2, -0.15) is 10.5 Å². The molecule has 14 unspecified atom stereocenters. The minimum atomic E-state index is 0.348. The Balaban J connectivity index is 1.05. The molecule has 9 aliphatic rings. The van der Waals surface area contributed by atoms with Crippen LogP contribution in [0.5, 0.6) is 0 Å². The average molecular weight is 595 g/mol. The van der Waals surface area contributed by atoms with Crippen LogP contribution in [-0.4, -0.2) is 0 Å². The Morgan fingerprint density at radius 1 is 0.295 bits per heavy atom. The highest BCUT2D eigenvalue weighted by molar-refractivity contribution is 5.11. The molecule has 0 radical (unpaired) electrons. The summed E-state index contributed by atoms with van der Waals surface area (Å²) in [6.07, 6.45) is 32.1. The van der Waals surface area contributed by atoms with Crippen LogP contribution in [0.1, 0.15) is 141 Å². The van der Waals surface area contributed by atoms with Crippen LogP contribution in [0.3, 0.4) is 0 Å². The molecule has 2 heteroatoms. The third-order valence-corrected chi connectivity index (χ3v) is 17.9. The normalized spacial score (nSPS) is 56.4. The quantitative estimate of drug-likeness (QED) is 0.319. The first-order chi connectivity index (χ1) is 21.7. The van der Waals surface area contributed by atoms with E-state index in [9.17, 15) is 10.5 Å². The first-order valence-corrected chi connectivity index (χ1v) is 20.5. The zero-order valence-corrected chi connectivity index (χ0v) is 27.8. The first kappa shape index (κ1) is 29.1. The lowest BCUT2D eigenvalue weighted by Gasteiger charge is -2.62. The molecule has 9 aliphatic carbocycles. The topological polar surface area (TPSA) is 47.6 Å². The molecule has 0 aliphatic heterocycles. The highest BCUT2D eigenvalue weighted by Crippen LogP contribution is 2.70. The Morgan fingerprint density at radius 3 is 1.16 bits per heavy atom. The Hall–Kier alpha value is -1.02. The molecule has 0 N–H and O–H groups in total. The molecule has 0 bridgehead atoms. The summed E-state index contributed by atoms with van der Waals surface area (Å²) in [6, 6.07) is 5.32. The molecule has 2 nitrogen and oxygen atoms in total. The zero-order valence-electron chi connectivity index (χ0n) is 27.8. The molecule has 44 heavy (non-hydrogen) atoms. The second kappa shape index (κ2) is 11.9. The van der Waals surface area contributed by atoms with Gasteiger partial charge in [0.05, 0.1) is 12.1 Å². The van der Waals surface area contributed by atoms with Gasteiger partial charge < -0.3 is 0 Å². The lowest BCUT2D eigenvalue weighted by Crippen LogP contribution is -2.55. The minimum absolute atomic E-state index is 0.348. The van der Waals surface area contributed by atoms with E-state index in [0.29, 0.717) is 11.8 Å². The van der Waals surface area contributed by atoms with Gasteiger partial charge in [0.15, 0.2) is 0 Å². The fraction of sp³-hybridized carbons (Fsp3) is 0.952. The van der Waals surface area contributed by atoms with Crippen molar-refractivity contribution < 1.29 is 0 Å². The lowest BCUT2D eigenvalue weighted by molar-refractivity contribution is -0.133. The van der Waals surface area contributed by atoms with Crippen molar-refractivity contribution in [3.63, 3.8) is 0 Å². The number of fused-ring (bicyclic) bond motifs is 8. The first-order valence-electron chi connectivity index (χ1n) is 20.5. The van der Waals surface area contributed by atoms with Crippen LogP contribution in [0.4, 0.5) is 0 Å². The van der Waals surface area contributed by atoms with Gasteiger partial charge in [-0.1, -0.05) is 38.5 Å². The highest BCUT2D eigenvalue weighted by atomic mass is 14.7. The minimum Gasteiger partial charge on any atom is -0.198 e. The predicted octanol–water partition coefficient (Wildman–Crippen LogP) is 10.8. The Morgan fingerprint density at radius 2 is 0.659 bits per heavy atom. The fourth-order valence-electron chi connectivity index (χ4n) is 16.5. The van der Waals surface area contributed by atoms with E-state index in [4.69, 9.17) is 0 Å². The molecule has 0 aromatic rings. The van der Waals surface area contributed by atoms with Crippen molar-refractivity contribution in [3.8, 4) is 12.1 Å². The van der Waals surface area contributed by atoms with Crippen molar-refractivity contribution in [1.29, 1.82) is 10.5 Å². The van der Waals surface area contributed by atoms with Gasteiger partial charge in [-0.05, 0) is 197 Å². The van der Waals surface area contributed by atoms with Crippen LogP contribution < -0.4 is 0 Å². The van der Waals surface area contributed by atoms with Crippen molar-refractivity contribution in [2.45, 2.75) is 141 Å². The molecule has 0 heterocycles. The number of hydrogen-bond donors (Lipinski definition) is 0. The lowest BCUT2D eigenvalue weighted by atomic mass is 9.43. The molecule has 9 saturated carbocycles. The van der Waals surface area contributed by atoms with E-state index in [2.05, 4.69) is 12.1 Å². The van der Waals surface area contributed by atoms with Crippen molar-refractivity contribution in [3.05, 3.63) is 0 Å². The van der Waals surface area contributed by atoms with E-state index in [1.165, 1.54) is 70.6 Å². The summed E-state index contributed by atoms with van der Waals surface area (Å²) in [5.41, 5.74) is 0. The monoisotopic (exact) mass is 594 g/mol. The third-order valence-electron chi connectivity index (χ3n) is 17.9. The van der Waals surface area contributed by atoms with E-state index in [0.717, 1.165) is 94.7 Å². The van der Waals surface area contributed by atoms with Gasteiger partial charge in [-0.3, -0.25) is 0 Å². The predicted molar refractivity (Wildman–Crippen MR) is 176 cm³/mol. The summed E-state index contributed by atoms with van der Waals surface area (Å²) in [6.45, 7) is 0. The van der Waals surface area contributed by atoms with E-state index >= 15 is 0 Å². The molecule has 240 valence electrons. The standard InChI is InChI=1S/C42H62N2/c43-23-25-11-15-27(16-12-25)34-19-40-36(31-8-2-1-7-30(31)34)20-35(28-17-13-26(24-44)14-18-28)39-21-37-32-9-3-5-29-6-4-10-33(42(29)32)38(37)22-41(39)40/h25-42H,1-22H2. The molecular formula is C42H62N2. The SMILES string of the molecule is N#CC1CCC(C2CC3C4CC5C(CC4C(C4CCC(C#N)CC4)CC3C3CCCCC23)C2CCCC3CCCC5C32)CC1. The smallest absolute Gasteiger partial charge is 0.0655 e. The summed E-state index contributed by atoms with van der Waals surface area (Å²) in [5.74, 6) is 17.1. The number of nitriles is 2. The van der Waals surface area contributed by atoms with Crippen molar-refractivity contribution >= 4 is 0 Å². The van der Waals surface area contributed by atoms with Crippen LogP contribution in [0.2, 0.25) is 0 Å². The summed E-state index contributed by atoms with van der Waals surface area (Å²) in [7, 11) is 0. The van der Waals surface area contributed by atoms with E-state index in [-0.39, 0.29) is 0 Å². The second-order valence-electron chi connectivity index (χ2n) is 18.9. The second-order valence-corrected chi connectivity index (χ2v) is 18.9. The summed E-state index contributed by atoms with van der Waals surface area (Å²) >= 11 is 0. The van der Waals surface area contributed by atoms with Gasteiger partial charge in [-0.15, -0.1) is 0 Å². The Bertz CT molecular complexity index is 1110. The van der Waals surface area contributed by atoms with Gasteiger partial charge in [0, 0.05) is 11.8 Å². The van der Waals surface area contributed by atoms with Gasteiger partial charge in [0.2, 0.25) is 0 Å². The van der Waals surface area contributed by atoms with Crippen molar-refractivity contribution in [2.24, 2.45) is 107 Å². The molecule has 0 spiro atoms. The van der Waals surface area contributed by atoms with Crippen LogP contribution in [-0.2, 0) is 0 Å². The summed E-state index contributed by atoms with van der Waals surface area (Å²) in [4.78, 5) is 0. The average Bonchev–Trinajstić information content (AvgIpc) is 3.41. The maximum Gasteiger partial charge on any atom is 0.0655 e. The van der Waals surface area contributed by atoms with Crippen LogP contribution in [0.15, 0.2) is 0 Å². The number of rotatable bonds is 2. The summed E-state index contributed by atoms with van der Waals surface area (Å²) < 4.78 is 0. The molecule has 9 fully saturated rings. The van der Waals surface area contributed by atoms with Crippen molar-refractivity contribution in [1.82, 2.24) is 0 Å². The van der Waals surface area contributed by atoms with E-state index in [1.807, 2.05) is 0 Å². The van der Waals surface area contributed by atoms with Gasteiger partial charge in [-0.25, -0.2) is 0 Å².